The number of carbonyl (C=O) groups excluding carboxylic acids is 2. The number of hydrogen-bond donors (Lipinski definition) is 1. The number of anilines is 1. The van der Waals surface area contributed by atoms with Crippen LogP contribution in [0.25, 0.3) is 0 Å². The number of nitrogens with one attached hydrogen (secondary N) is 1. The number of amides is 2. The van der Waals surface area contributed by atoms with Crippen LogP contribution in [0.5, 0.6) is 0 Å². The van der Waals surface area contributed by atoms with Gasteiger partial charge in [0.05, 0.1) is 0 Å². The molecule has 2 aromatic rings. The topological polar surface area (TPSA) is 62.3 Å². The van der Waals surface area contributed by atoms with Gasteiger partial charge in [-0.1, -0.05) is 19.4 Å². The van der Waals surface area contributed by atoms with E-state index in [9.17, 15) is 14.0 Å². The lowest BCUT2D eigenvalue weighted by molar-refractivity contribution is 0.0757. The standard InChI is InChI=1S/C17H20FN3O2S/c1-3-5-9-21(4-2)16(23)14-11-24-17(19-14)20-15(22)12-7-6-8-13(18)10-12/h6-8,10-11H,3-5,9H2,1-2H3,(H,19,20,22). The molecular weight excluding hydrogens is 329 g/mol. The van der Waals surface area contributed by atoms with E-state index in [1.807, 2.05) is 6.92 Å². The average molecular weight is 349 g/mol. The minimum absolute atomic E-state index is 0.145. The molecule has 1 aromatic heterocycles. The Morgan fingerprint density at radius 3 is 2.79 bits per heavy atom. The Labute approximate surface area is 144 Å². The predicted octanol–water partition coefficient (Wildman–Crippen LogP) is 3.80. The number of carbonyl (C=O) groups is 2. The maximum Gasteiger partial charge on any atom is 0.273 e. The van der Waals surface area contributed by atoms with Crippen LogP contribution in [0.15, 0.2) is 29.6 Å². The molecule has 0 unspecified atom stereocenters. The number of halogens is 1. The van der Waals surface area contributed by atoms with E-state index in [0.717, 1.165) is 18.9 Å². The second-order valence-corrected chi connectivity index (χ2v) is 6.10. The summed E-state index contributed by atoms with van der Waals surface area (Å²) in [6.07, 6.45) is 1.95. The molecule has 0 saturated carbocycles. The maximum absolute atomic E-state index is 13.2. The first kappa shape index (κ1) is 18.1. The van der Waals surface area contributed by atoms with E-state index in [-0.39, 0.29) is 11.5 Å². The van der Waals surface area contributed by atoms with Crippen LogP contribution in [0.2, 0.25) is 0 Å². The van der Waals surface area contributed by atoms with Gasteiger partial charge in [0.15, 0.2) is 5.13 Å². The number of unbranched alkanes of at least 4 members (excludes halogenated alkanes) is 1. The van der Waals surface area contributed by atoms with Crippen molar-refractivity contribution in [2.75, 3.05) is 18.4 Å². The van der Waals surface area contributed by atoms with Gasteiger partial charge >= 0.3 is 0 Å². The molecule has 1 heterocycles. The highest BCUT2D eigenvalue weighted by Crippen LogP contribution is 2.18. The molecule has 1 aromatic carbocycles. The quantitative estimate of drug-likeness (QED) is 0.827. The van der Waals surface area contributed by atoms with Crippen molar-refractivity contribution in [3.8, 4) is 0 Å². The number of thiazole rings is 1. The van der Waals surface area contributed by atoms with Gasteiger partial charge in [-0.3, -0.25) is 14.9 Å². The fraction of sp³-hybridized carbons (Fsp3) is 0.353. The number of aromatic nitrogens is 1. The molecule has 24 heavy (non-hydrogen) atoms. The van der Waals surface area contributed by atoms with Crippen molar-refractivity contribution in [2.24, 2.45) is 0 Å². The molecule has 0 aliphatic rings. The molecule has 0 aliphatic heterocycles. The number of rotatable bonds is 7. The molecule has 1 N–H and O–H groups in total. The molecule has 0 radical (unpaired) electrons. The van der Waals surface area contributed by atoms with Gasteiger partial charge in [0.1, 0.15) is 11.5 Å². The molecule has 7 heteroatoms. The molecule has 2 rings (SSSR count). The first-order valence-electron chi connectivity index (χ1n) is 7.86. The predicted molar refractivity (Wildman–Crippen MR) is 93.0 cm³/mol. The number of nitrogens with zero attached hydrogens (tertiary/aromatic N) is 2. The van der Waals surface area contributed by atoms with Gasteiger partial charge in [-0.15, -0.1) is 11.3 Å². The molecule has 0 aliphatic carbocycles. The monoisotopic (exact) mass is 349 g/mol. The van der Waals surface area contributed by atoms with Crippen LogP contribution in [0.3, 0.4) is 0 Å². The first-order valence-corrected chi connectivity index (χ1v) is 8.74. The van der Waals surface area contributed by atoms with Crippen molar-refractivity contribution in [2.45, 2.75) is 26.7 Å². The summed E-state index contributed by atoms with van der Waals surface area (Å²) < 4.78 is 13.2. The summed E-state index contributed by atoms with van der Waals surface area (Å²) in [6, 6.07) is 5.40. The van der Waals surface area contributed by atoms with Gasteiger partial charge in [-0.25, -0.2) is 9.37 Å². The Hall–Kier alpha value is -2.28. The van der Waals surface area contributed by atoms with Crippen LogP contribution in [0.1, 0.15) is 47.5 Å². The second kappa shape index (κ2) is 8.54. The van der Waals surface area contributed by atoms with Crippen molar-refractivity contribution in [3.63, 3.8) is 0 Å². The molecule has 0 bridgehead atoms. The Kier molecular flexibility index (Phi) is 6.43. The molecule has 0 saturated heterocycles. The Morgan fingerprint density at radius 2 is 2.12 bits per heavy atom. The third kappa shape index (κ3) is 4.61. The summed E-state index contributed by atoms with van der Waals surface area (Å²) in [7, 11) is 0. The van der Waals surface area contributed by atoms with Crippen molar-refractivity contribution < 1.29 is 14.0 Å². The molecule has 2 amide bonds. The number of hydrogen-bond acceptors (Lipinski definition) is 4. The Morgan fingerprint density at radius 1 is 1.33 bits per heavy atom. The zero-order chi connectivity index (χ0) is 17.5. The van der Waals surface area contributed by atoms with Crippen LogP contribution in [0, 0.1) is 5.82 Å². The van der Waals surface area contributed by atoms with Crippen molar-refractivity contribution >= 4 is 28.3 Å². The summed E-state index contributed by atoms with van der Waals surface area (Å²) in [6.45, 7) is 5.30. The minimum Gasteiger partial charge on any atom is -0.338 e. The molecule has 128 valence electrons. The maximum atomic E-state index is 13.2. The largest absolute Gasteiger partial charge is 0.338 e. The summed E-state index contributed by atoms with van der Waals surface area (Å²) in [5.41, 5.74) is 0.517. The van der Waals surface area contributed by atoms with E-state index in [4.69, 9.17) is 0 Å². The van der Waals surface area contributed by atoms with E-state index in [2.05, 4.69) is 17.2 Å². The fourth-order valence-corrected chi connectivity index (χ4v) is 2.82. The zero-order valence-corrected chi connectivity index (χ0v) is 14.5. The zero-order valence-electron chi connectivity index (χ0n) is 13.7. The highest BCUT2D eigenvalue weighted by molar-refractivity contribution is 7.14. The van der Waals surface area contributed by atoms with Crippen LogP contribution >= 0.6 is 11.3 Å². The first-order chi connectivity index (χ1) is 11.5. The molecule has 0 spiro atoms. The Balaban J connectivity index is 2.04. The summed E-state index contributed by atoms with van der Waals surface area (Å²) in [4.78, 5) is 30.4. The summed E-state index contributed by atoms with van der Waals surface area (Å²) in [5.74, 6) is -1.08. The lowest BCUT2D eigenvalue weighted by Crippen LogP contribution is -2.32. The van der Waals surface area contributed by atoms with E-state index >= 15 is 0 Å². The molecule has 0 fully saturated rings. The minimum atomic E-state index is -0.479. The summed E-state index contributed by atoms with van der Waals surface area (Å²) >= 11 is 1.17. The highest BCUT2D eigenvalue weighted by Gasteiger charge is 2.18. The lowest BCUT2D eigenvalue weighted by Gasteiger charge is -2.19. The number of benzene rings is 1. The smallest absolute Gasteiger partial charge is 0.273 e. The van der Waals surface area contributed by atoms with Crippen molar-refractivity contribution in [1.29, 1.82) is 0 Å². The van der Waals surface area contributed by atoms with Gasteiger partial charge in [-0.2, -0.15) is 0 Å². The summed E-state index contributed by atoms with van der Waals surface area (Å²) in [5, 5.41) is 4.53. The van der Waals surface area contributed by atoms with Crippen LogP contribution in [-0.2, 0) is 0 Å². The van der Waals surface area contributed by atoms with Gasteiger partial charge in [0.2, 0.25) is 0 Å². The van der Waals surface area contributed by atoms with E-state index in [1.165, 1.54) is 29.5 Å². The molecular formula is C17H20FN3O2S. The van der Waals surface area contributed by atoms with Gasteiger partial charge < -0.3 is 4.90 Å². The van der Waals surface area contributed by atoms with Gasteiger partial charge in [0, 0.05) is 24.0 Å². The van der Waals surface area contributed by atoms with E-state index in [1.54, 1.807) is 10.3 Å². The lowest BCUT2D eigenvalue weighted by atomic mass is 10.2. The van der Waals surface area contributed by atoms with Crippen molar-refractivity contribution in [3.05, 3.63) is 46.7 Å². The Bertz CT molecular complexity index is 717. The van der Waals surface area contributed by atoms with Gasteiger partial charge in [0.25, 0.3) is 11.8 Å². The SMILES string of the molecule is CCCCN(CC)C(=O)c1csc(NC(=O)c2cccc(F)c2)n1. The van der Waals surface area contributed by atoms with Crippen LogP contribution in [0.4, 0.5) is 9.52 Å². The van der Waals surface area contributed by atoms with Crippen LogP contribution < -0.4 is 5.32 Å². The second-order valence-electron chi connectivity index (χ2n) is 5.24. The van der Waals surface area contributed by atoms with E-state index < -0.39 is 11.7 Å². The average Bonchev–Trinajstić information content (AvgIpc) is 3.03. The van der Waals surface area contributed by atoms with Crippen LogP contribution in [-0.4, -0.2) is 34.8 Å². The third-order valence-corrected chi connectivity index (χ3v) is 4.24. The molecule has 0 atom stereocenters. The fourth-order valence-electron chi connectivity index (χ4n) is 2.14. The van der Waals surface area contributed by atoms with Crippen molar-refractivity contribution in [1.82, 2.24) is 9.88 Å². The third-order valence-electron chi connectivity index (χ3n) is 3.48. The highest BCUT2D eigenvalue weighted by atomic mass is 32.1. The normalized spacial score (nSPS) is 10.5. The van der Waals surface area contributed by atoms with Gasteiger partial charge in [-0.05, 0) is 31.5 Å². The van der Waals surface area contributed by atoms with E-state index in [0.29, 0.717) is 23.9 Å². The molecule has 5 nitrogen and oxygen atoms in total.